The third-order valence-electron chi connectivity index (χ3n) is 5.02. The topological polar surface area (TPSA) is 41.1 Å². The summed E-state index contributed by atoms with van der Waals surface area (Å²) in [5.74, 6) is 1.66. The highest BCUT2D eigenvalue weighted by molar-refractivity contribution is 5.82. The van der Waals surface area contributed by atoms with Crippen molar-refractivity contribution < 1.29 is 4.79 Å². The fourth-order valence-corrected chi connectivity index (χ4v) is 3.69. The number of hydrogen-bond donors (Lipinski definition) is 2. The van der Waals surface area contributed by atoms with Crippen LogP contribution in [0.5, 0.6) is 0 Å². The van der Waals surface area contributed by atoms with Gasteiger partial charge in [0.1, 0.15) is 0 Å². The van der Waals surface area contributed by atoms with E-state index in [-0.39, 0.29) is 11.9 Å². The van der Waals surface area contributed by atoms with Crippen LogP contribution in [0, 0.1) is 11.8 Å². The van der Waals surface area contributed by atoms with Crippen molar-refractivity contribution in [2.24, 2.45) is 11.8 Å². The second-order valence-electron chi connectivity index (χ2n) is 6.76. The molecule has 1 aliphatic heterocycles. The van der Waals surface area contributed by atoms with E-state index in [9.17, 15) is 4.79 Å². The van der Waals surface area contributed by atoms with Gasteiger partial charge in [0.25, 0.3) is 0 Å². The molecule has 3 nitrogen and oxygen atoms in total. The highest BCUT2D eigenvalue weighted by Crippen LogP contribution is 2.33. The third kappa shape index (κ3) is 3.95. The molecule has 1 saturated carbocycles. The summed E-state index contributed by atoms with van der Waals surface area (Å²) in [7, 11) is 0. The lowest BCUT2D eigenvalue weighted by Crippen LogP contribution is -2.46. The molecule has 5 atom stereocenters. The highest BCUT2D eigenvalue weighted by Gasteiger charge is 2.38. The van der Waals surface area contributed by atoms with Crippen LogP contribution in [0.3, 0.4) is 0 Å². The Morgan fingerprint density at radius 3 is 2.74 bits per heavy atom. The molecule has 2 N–H and O–H groups in total. The number of nitrogens with one attached hydrogen (secondary N) is 2. The van der Waals surface area contributed by atoms with Gasteiger partial charge in [0.2, 0.25) is 5.91 Å². The van der Waals surface area contributed by atoms with Gasteiger partial charge < -0.3 is 10.6 Å². The molecule has 1 amide bonds. The minimum atomic E-state index is 0.0625. The van der Waals surface area contributed by atoms with Crippen molar-refractivity contribution in [1.82, 2.24) is 10.6 Å². The summed E-state index contributed by atoms with van der Waals surface area (Å²) in [4.78, 5) is 12.3. The summed E-state index contributed by atoms with van der Waals surface area (Å²) in [5.41, 5.74) is 0. The van der Waals surface area contributed by atoms with Crippen LogP contribution in [0.15, 0.2) is 0 Å². The van der Waals surface area contributed by atoms with Gasteiger partial charge in [-0.15, -0.1) is 0 Å². The summed E-state index contributed by atoms with van der Waals surface area (Å²) in [6, 6.07) is 0.966. The van der Waals surface area contributed by atoms with Crippen molar-refractivity contribution in [3.05, 3.63) is 0 Å². The Morgan fingerprint density at radius 1 is 1.32 bits per heavy atom. The molecule has 110 valence electrons. The SMILES string of the molecule is CCC(C)CC(C)NC(=O)C1CC2CCCCC2N1. The molecule has 1 heterocycles. The van der Waals surface area contributed by atoms with Gasteiger partial charge in [-0.2, -0.15) is 0 Å². The standard InChI is InChI=1S/C16H30N2O/c1-4-11(2)9-12(3)17-16(19)15-10-13-7-5-6-8-14(13)18-15/h11-15,18H,4-10H2,1-3H3,(H,17,19). The van der Waals surface area contributed by atoms with Crippen molar-refractivity contribution in [3.8, 4) is 0 Å². The quantitative estimate of drug-likeness (QED) is 0.803. The Balaban J connectivity index is 1.77. The van der Waals surface area contributed by atoms with Gasteiger partial charge in [-0.05, 0) is 44.4 Å². The van der Waals surface area contributed by atoms with E-state index < -0.39 is 0 Å². The van der Waals surface area contributed by atoms with Crippen LogP contribution in [0.1, 0.15) is 65.7 Å². The summed E-state index contributed by atoms with van der Waals surface area (Å²) in [6.07, 6.45) is 8.57. The van der Waals surface area contributed by atoms with Crippen LogP contribution in [0.4, 0.5) is 0 Å². The maximum Gasteiger partial charge on any atom is 0.237 e. The smallest absolute Gasteiger partial charge is 0.237 e. The number of amides is 1. The first-order valence-corrected chi connectivity index (χ1v) is 8.16. The Hall–Kier alpha value is -0.570. The molecule has 0 aromatic carbocycles. The maximum absolute atomic E-state index is 12.3. The summed E-state index contributed by atoms with van der Waals surface area (Å²) in [6.45, 7) is 6.60. The third-order valence-corrected chi connectivity index (χ3v) is 5.02. The molecule has 2 rings (SSSR count). The van der Waals surface area contributed by atoms with E-state index >= 15 is 0 Å². The second-order valence-corrected chi connectivity index (χ2v) is 6.76. The molecule has 0 aromatic rings. The molecule has 5 unspecified atom stereocenters. The largest absolute Gasteiger partial charge is 0.352 e. The summed E-state index contributed by atoms with van der Waals surface area (Å²) in [5, 5.41) is 6.75. The Morgan fingerprint density at radius 2 is 2.05 bits per heavy atom. The zero-order valence-corrected chi connectivity index (χ0v) is 12.7. The van der Waals surface area contributed by atoms with Gasteiger partial charge in [0, 0.05) is 12.1 Å². The Labute approximate surface area is 117 Å². The van der Waals surface area contributed by atoms with E-state index in [2.05, 4.69) is 31.4 Å². The fraction of sp³-hybridized carbons (Fsp3) is 0.938. The molecule has 0 aromatic heterocycles. The molecular weight excluding hydrogens is 236 g/mol. The molecule has 1 aliphatic carbocycles. The van der Waals surface area contributed by atoms with Gasteiger partial charge in [-0.1, -0.05) is 33.1 Å². The minimum Gasteiger partial charge on any atom is -0.352 e. The molecular formula is C16H30N2O. The lowest BCUT2D eigenvalue weighted by molar-refractivity contribution is -0.123. The van der Waals surface area contributed by atoms with Crippen LogP contribution in [0.2, 0.25) is 0 Å². The van der Waals surface area contributed by atoms with Crippen molar-refractivity contribution in [3.63, 3.8) is 0 Å². The van der Waals surface area contributed by atoms with Gasteiger partial charge in [-0.3, -0.25) is 4.79 Å². The molecule has 19 heavy (non-hydrogen) atoms. The van der Waals surface area contributed by atoms with E-state index in [1.165, 1.54) is 32.1 Å². The summed E-state index contributed by atoms with van der Waals surface area (Å²) < 4.78 is 0. The molecule has 0 radical (unpaired) electrons. The lowest BCUT2D eigenvalue weighted by atomic mass is 9.85. The molecule has 1 saturated heterocycles. The second kappa shape index (κ2) is 6.74. The first-order valence-electron chi connectivity index (χ1n) is 8.16. The van der Waals surface area contributed by atoms with Gasteiger partial charge in [0.15, 0.2) is 0 Å². The van der Waals surface area contributed by atoms with Crippen LogP contribution in [0.25, 0.3) is 0 Å². The normalized spacial score (nSPS) is 33.5. The Kier molecular flexibility index (Phi) is 5.26. The number of carbonyl (C=O) groups is 1. The van der Waals surface area contributed by atoms with Crippen LogP contribution < -0.4 is 10.6 Å². The van der Waals surface area contributed by atoms with Gasteiger partial charge in [0.05, 0.1) is 6.04 Å². The van der Waals surface area contributed by atoms with Crippen molar-refractivity contribution >= 4 is 5.91 Å². The number of fused-ring (bicyclic) bond motifs is 1. The van der Waals surface area contributed by atoms with Crippen molar-refractivity contribution in [2.75, 3.05) is 0 Å². The van der Waals surface area contributed by atoms with E-state index in [0.29, 0.717) is 18.0 Å². The van der Waals surface area contributed by atoms with Crippen LogP contribution >= 0.6 is 0 Å². The molecule has 2 aliphatic rings. The van der Waals surface area contributed by atoms with Crippen molar-refractivity contribution in [2.45, 2.75) is 83.8 Å². The maximum atomic E-state index is 12.3. The first-order chi connectivity index (χ1) is 9.10. The highest BCUT2D eigenvalue weighted by atomic mass is 16.2. The Bertz CT molecular complexity index is 291. The lowest BCUT2D eigenvalue weighted by Gasteiger charge is -2.24. The molecule has 0 bridgehead atoms. The zero-order valence-electron chi connectivity index (χ0n) is 12.7. The van der Waals surface area contributed by atoms with E-state index in [0.717, 1.165) is 18.8 Å². The van der Waals surface area contributed by atoms with Gasteiger partial charge in [-0.25, -0.2) is 0 Å². The van der Waals surface area contributed by atoms with Crippen LogP contribution in [-0.4, -0.2) is 24.0 Å². The summed E-state index contributed by atoms with van der Waals surface area (Å²) >= 11 is 0. The predicted molar refractivity (Wildman–Crippen MR) is 79.0 cm³/mol. The monoisotopic (exact) mass is 266 g/mol. The molecule has 2 fully saturated rings. The van der Waals surface area contributed by atoms with E-state index in [1.807, 2.05) is 0 Å². The minimum absolute atomic E-state index is 0.0625. The molecule has 0 spiro atoms. The zero-order chi connectivity index (χ0) is 13.8. The van der Waals surface area contributed by atoms with Crippen molar-refractivity contribution in [1.29, 1.82) is 0 Å². The van der Waals surface area contributed by atoms with E-state index in [4.69, 9.17) is 0 Å². The first kappa shape index (κ1) is 14.8. The predicted octanol–water partition coefficient (Wildman–Crippen LogP) is 2.85. The number of carbonyl (C=O) groups excluding carboxylic acids is 1. The number of hydrogen-bond acceptors (Lipinski definition) is 2. The fourth-order valence-electron chi connectivity index (χ4n) is 3.69. The van der Waals surface area contributed by atoms with Gasteiger partial charge >= 0.3 is 0 Å². The average molecular weight is 266 g/mol. The molecule has 3 heteroatoms. The van der Waals surface area contributed by atoms with E-state index in [1.54, 1.807) is 0 Å². The van der Waals surface area contributed by atoms with Crippen LogP contribution in [-0.2, 0) is 4.79 Å². The average Bonchev–Trinajstić information content (AvgIpc) is 2.82. The number of rotatable bonds is 5.